The minimum Gasteiger partial charge on any atom is -0.478 e. The molecule has 2 atom stereocenters. The van der Waals surface area contributed by atoms with E-state index in [1.54, 1.807) is 0 Å². The van der Waals surface area contributed by atoms with Crippen molar-refractivity contribution in [2.75, 3.05) is 13.2 Å². The Kier molecular flexibility index (Phi) is 27.9. The van der Waals surface area contributed by atoms with E-state index in [0.29, 0.717) is 12.1 Å². The van der Waals surface area contributed by atoms with E-state index in [1.165, 1.54) is 101 Å². The van der Waals surface area contributed by atoms with Crippen LogP contribution in [0.4, 0.5) is 13.2 Å². The minimum absolute atomic E-state index is 0.0960. The first-order valence-electron chi connectivity index (χ1n) is 22.7. The number of ether oxygens (including phenoxy) is 3. The van der Waals surface area contributed by atoms with Gasteiger partial charge >= 0.3 is 23.9 Å². The first-order valence-corrected chi connectivity index (χ1v) is 22.7. The molecule has 1 aromatic carbocycles. The van der Waals surface area contributed by atoms with Gasteiger partial charge in [-0.25, -0.2) is 42.4 Å². The highest BCUT2D eigenvalue weighted by atomic mass is 19.1. The van der Waals surface area contributed by atoms with Crippen molar-refractivity contribution in [3.05, 3.63) is 84.2 Å². The molecule has 0 aliphatic heterocycles. The molecule has 0 fully saturated rings. The lowest BCUT2D eigenvalue weighted by Crippen LogP contribution is -2.39. The molecule has 0 bridgehead atoms. The molecule has 0 spiro atoms. The summed E-state index contributed by atoms with van der Waals surface area (Å²) in [6.45, 7) is 5.15. The van der Waals surface area contributed by atoms with Crippen LogP contribution in [0.1, 0.15) is 166 Å². The molecule has 64 heavy (non-hydrogen) atoms. The number of carboxylic acid groups (broad SMARTS) is 1. The van der Waals surface area contributed by atoms with E-state index in [1.807, 2.05) is 0 Å². The summed E-state index contributed by atoms with van der Waals surface area (Å²) in [6.07, 6.45) is 26.1. The van der Waals surface area contributed by atoms with Crippen LogP contribution in [-0.2, 0) is 45.5 Å². The molecule has 17 heteroatoms. The van der Waals surface area contributed by atoms with Crippen molar-refractivity contribution in [1.82, 2.24) is 24.7 Å². The Balaban J connectivity index is 0.000000479. The summed E-state index contributed by atoms with van der Waals surface area (Å²) in [6, 6.07) is 2.80. The number of esters is 3. The van der Waals surface area contributed by atoms with Crippen LogP contribution in [0.5, 0.6) is 0 Å². The van der Waals surface area contributed by atoms with Crippen LogP contribution in [0.25, 0.3) is 0 Å². The lowest BCUT2D eigenvalue weighted by molar-refractivity contribution is -0.163. The molecule has 0 aliphatic carbocycles. The summed E-state index contributed by atoms with van der Waals surface area (Å²) in [5, 5.41) is 23.9. The van der Waals surface area contributed by atoms with E-state index >= 15 is 0 Å². The third-order valence-electron chi connectivity index (χ3n) is 10.6. The summed E-state index contributed by atoms with van der Waals surface area (Å²) in [5.41, 5.74) is -2.25. The molecule has 2 unspecified atom stereocenters. The fourth-order valence-corrected chi connectivity index (χ4v) is 6.86. The van der Waals surface area contributed by atoms with Crippen molar-refractivity contribution in [3.8, 4) is 0 Å². The molecule has 0 aliphatic rings. The average molecular weight is 904 g/mol. The lowest BCUT2D eigenvalue weighted by Gasteiger charge is -2.34. The molecular formula is C47H68F3N5O9. The maximum atomic E-state index is 14.4. The van der Waals surface area contributed by atoms with E-state index in [9.17, 15) is 37.5 Å². The number of aliphatic hydroxyl groups is 1. The van der Waals surface area contributed by atoms with E-state index < -0.39 is 59.0 Å². The van der Waals surface area contributed by atoms with E-state index in [-0.39, 0.29) is 43.9 Å². The second-order valence-electron chi connectivity index (χ2n) is 15.9. The van der Waals surface area contributed by atoms with Crippen LogP contribution >= 0.6 is 0 Å². The molecule has 2 aromatic heterocycles. The first-order chi connectivity index (χ1) is 30.8. The summed E-state index contributed by atoms with van der Waals surface area (Å²) in [5.74, 6) is -6.47. The molecule has 356 valence electrons. The third kappa shape index (κ3) is 22.9. The van der Waals surface area contributed by atoms with Gasteiger partial charge in [0, 0.05) is 42.5 Å². The molecular weight excluding hydrogens is 836 g/mol. The predicted molar refractivity (Wildman–Crippen MR) is 233 cm³/mol. The van der Waals surface area contributed by atoms with Crippen LogP contribution in [-0.4, -0.2) is 78.1 Å². The van der Waals surface area contributed by atoms with Crippen LogP contribution in [0.2, 0.25) is 0 Å². The standard InChI is InChI=1S/C31H54O8.C16H14F3N5O/c1-3-5-7-9-11-13-15-17-19-21-29(34)37-25-27(39-31(36)24-23-28(32)33)26-38-30(35)22-20-18-16-14-12-10-8-6-4-2;1-10(15-14(19)5-20-7-22-15)16(25,6-24-9-21-8-23-24)12-3-2-11(17)4-13(12)18/h23-24,27H,3-22,25-26H2,1-2H3,(H,32,33);2-5,7-10,25H,6H2,1H3/b24-23+;. The van der Waals surface area contributed by atoms with Gasteiger partial charge in [0.1, 0.15) is 49.4 Å². The van der Waals surface area contributed by atoms with E-state index in [0.717, 1.165) is 69.3 Å². The minimum atomic E-state index is -1.96. The van der Waals surface area contributed by atoms with Crippen LogP contribution in [0.15, 0.2) is 55.5 Å². The van der Waals surface area contributed by atoms with Gasteiger partial charge in [0.05, 0.1) is 18.4 Å². The van der Waals surface area contributed by atoms with E-state index in [4.69, 9.17) is 19.3 Å². The summed E-state index contributed by atoms with van der Waals surface area (Å²) >= 11 is 0. The van der Waals surface area contributed by atoms with Crippen molar-refractivity contribution in [2.24, 2.45) is 0 Å². The Morgan fingerprint density at radius 3 is 1.73 bits per heavy atom. The van der Waals surface area contributed by atoms with Crippen molar-refractivity contribution < 1.29 is 56.8 Å². The van der Waals surface area contributed by atoms with Gasteiger partial charge in [-0.3, -0.25) is 9.59 Å². The molecule has 3 rings (SSSR count). The Morgan fingerprint density at radius 2 is 1.27 bits per heavy atom. The molecule has 0 amide bonds. The van der Waals surface area contributed by atoms with Gasteiger partial charge in [0.2, 0.25) is 0 Å². The Hall–Kier alpha value is -5.19. The topological polar surface area (TPSA) is 193 Å². The number of carbonyl (C=O) groups excluding carboxylic acids is 3. The molecule has 2 heterocycles. The van der Waals surface area contributed by atoms with Gasteiger partial charge in [0.15, 0.2) is 11.9 Å². The Bertz CT molecular complexity index is 1780. The third-order valence-corrected chi connectivity index (χ3v) is 10.6. The highest BCUT2D eigenvalue weighted by molar-refractivity contribution is 5.90. The van der Waals surface area contributed by atoms with Crippen molar-refractivity contribution >= 4 is 23.9 Å². The monoisotopic (exact) mass is 903 g/mol. The quantitative estimate of drug-likeness (QED) is 0.0261. The molecule has 0 saturated carbocycles. The number of aliphatic carboxylic acids is 1. The summed E-state index contributed by atoms with van der Waals surface area (Å²) in [4.78, 5) is 58.0. The molecule has 0 saturated heterocycles. The Labute approximate surface area is 375 Å². The van der Waals surface area contributed by atoms with E-state index in [2.05, 4.69) is 33.9 Å². The van der Waals surface area contributed by atoms with Crippen LogP contribution in [0, 0.1) is 17.5 Å². The smallest absolute Gasteiger partial charge is 0.331 e. The number of nitrogens with zero attached hydrogens (tertiary/aromatic N) is 5. The van der Waals surface area contributed by atoms with Gasteiger partial charge in [0.25, 0.3) is 0 Å². The maximum Gasteiger partial charge on any atom is 0.331 e. The SMILES string of the molecule is CC(c1ncncc1F)C(O)(Cn1cncn1)c1ccc(F)cc1F.CCCCCCCCCCCC(=O)OCC(COC(=O)CCCCCCCCCCC)OC(=O)/C=C/C(=O)O. The van der Waals surface area contributed by atoms with Gasteiger partial charge in [-0.15, -0.1) is 0 Å². The average Bonchev–Trinajstić information content (AvgIpc) is 3.78. The number of aromatic nitrogens is 5. The molecule has 0 radical (unpaired) electrons. The molecule has 3 aromatic rings. The lowest BCUT2D eigenvalue weighted by atomic mass is 9.79. The van der Waals surface area contributed by atoms with Gasteiger partial charge < -0.3 is 24.4 Å². The maximum absolute atomic E-state index is 14.4. The number of hydrogen-bond donors (Lipinski definition) is 2. The predicted octanol–water partition coefficient (Wildman–Crippen LogP) is 9.64. The number of carboxylic acids is 1. The largest absolute Gasteiger partial charge is 0.478 e. The number of carbonyl (C=O) groups is 4. The highest BCUT2D eigenvalue weighted by Crippen LogP contribution is 2.39. The number of halogens is 3. The molecule has 14 nitrogen and oxygen atoms in total. The number of rotatable bonds is 32. The second-order valence-corrected chi connectivity index (χ2v) is 15.9. The van der Waals surface area contributed by atoms with Gasteiger partial charge in [-0.05, 0) is 18.9 Å². The zero-order chi connectivity index (χ0) is 47.0. The van der Waals surface area contributed by atoms with Crippen molar-refractivity contribution in [3.63, 3.8) is 0 Å². The van der Waals surface area contributed by atoms with Crippen LogP contribution < -0.4 is 0 Å². The number of benzene rings is 1. The van der Waals surface area contributed by atoms with Crippen LogP contribution in [0.3, 0.4) is 0 Å². The summed E-state index contributed by atoms with van der Waals surface area (Å²) < 4.78 is 58.7. The fraction of sp³-hybridized carbons (Fsp3) is 0.617. The number of hydrogen-bond acceptors (Lipinski definition) is 12. The Morgan fingerprint density at radius 1 is 0.734 bits per heavy atom. The van der Waals surface area contributed by atoms with Crippen molar-refractivity contribution in [2.45, 2.75) is 173 Å². The first kappa shape index (κ1) is 54.9. The zero-order valence-electron chi connectivity index (χ0n) is 37.7. The number of unbranched alkanes of at least 4 members (excludes halogenated alkanes) is 16. The summed E-state index contributed by atoms with van der Waals surface area (Å²) in [7, 11) is 0. The normalized spacial score (nSPS) is 12.6. The highest BCUT2D eigenvalue weighted by Gasteiger charge is 2.41. The zero-order valence-corrected chi connectivity index (χ0v) is 37.7. The fourth-order valence-electron chi connectivity index (χ4n) is 6.86. The van der Waals surface area contributed by atoms with Gasteiger partial charge in [-0.1, -0.05) is 130 Å². The second kappa shape index (κ2) is 32.5. The van der Waals surface area contributed by atoms with Crippen molar-refractivity contribution in [1.29, 1.82) is 0 Å². The van der Waals surface area contributed by atoms with Gasteiger partial charge in [-0.2, -0.15) is 5.10 Å². The molecule has 2 N–H and O–H groups in total.